The molecule has 81 heavy (non-hydrogen) atoms. The number of nitrogens with zero attached hydrogens (tertiary/aromatic N) is 1. The molecule has 30 nitrogen and oxygen atoms in total. The van der Waals surface area contributed by atoms with E-state index >= 15 is 0 Å². The second-order valence-corrected chi connectivity index (χ2v) is 22.4. The molecule has 2 saturated heterocycles. The Bertz CT molecular complexity index is 2410. The number of aliphatic hydroxyl groups is 1. The van der Waals surface area contributed by atoms with Crippen molar-refractivity contribution in [1.82, 2.24) is 52.8 Å². The summed E-state index contributed by atoms with van der Waals surface area (Å²) in [6, 6.07) is -8.12. The number of rotatable bonds is 16. The summed E-state index contributed by atoms with van der Waals surface area (Å²) in [5, 5.41) is 61.6. The van der Waals surface area contributed by atoms with Gasteiger partial charge in [0.15, 0.2) is 0 Å². The molecule has 1 unspecified atom stereocenters. The van der Waals surface area contributed by atoms with Gasteiger partial charge in [0.25, 0.3) is 0 Å². The van der Waals surface area contributed by atoms with E-state index in [1.54, 1.807) is 6.26 Å². The first-order valence-corrected chi connectivity index (χ1v) is 29.6. The number of carboxylic acids is 2. The number of benzene rings is 1. The van der Waals surface area contributed by atoms with Gasteiger partial charge >= 0.3 is 11.9 Å². The number of phenolic OH excluding ortho intramolecular Hbond substituents is 1. The van der Waals surface area contributed by atoms with Crippen LogP contribution >= 0.6 is 33.3 Å². The molecule has 2 fully saturated rings. The molecule has 2 heterocycles. The lowest BCUT2D eigenvalue weighted by atomic mass is 10.0. The largest absolute Gasteiger partial charge is 0.508 e. The number of unbranched alkanes of at least 4 members (excludes halogenated alkanes) is 1. The van der Waals surface area contributed by atoms with Crippen molar-refractivity contribution in [2.75, 3.05) is 49.7 Å². The average molecular weight is 1200 g/mol. The van der Waals surface area contributed by atoms with Crippen molar-refractivity contribution in [3.05, 3.63) is 29.8 Å². The first-order valence-electron chi connectivity index (χ1n) is 25.7. The normalized spacial score (nSPS) is 25.7. The Morgan fingerprint density at radius 3 is 1.86 bits per heavy atom. The number of fused-ring (bicyclic) bond motifs is 1. The number of nitrogens with one attached hydrogen (secondary N) is 9. The third-order valence-electron chi connectivity index (χ3n) is 12.4. The van der Waals surface area contributed by atoms with Crippen LogP contribution in [0.15, 0.2) is 24.3 Å². The number of thioether (sulfide) groups is 1. The molecular weight excluding hydrogens is 1130 g/mol. The van der Waals surface area contributed by atoms with E-state index < -0.39 is 170 Å². The Kier molecular flexibility index (Phi) is 29.6. The molecule has 1 aromatic rings. The maximum atomic E-state index is 14.1. The fourth-order valence-corrected chi connectivity index (χ4v) is 10.8. The van der Waals surface area contributed by atoms with Crippen molar-refractivity contribution in [3.8, 4) is 5.75 Å². The van der Waals surface area contributed by atoms with E-state index in [2.05, 4.69) is 47.9 Å². The van der Waals surface area contributed by atoms with Crippen molar-refractivity contribution in [2.45, 2.75) is 132 Å². The van der Waals surface area contributed by atoms with Crippen LogP contribution in [0.4, 0.5) is 0 Å². The third kappa shape index (κ3) is 24.0. The van der Waals surface area contributed by atoms with Gasteiger partial charge in [-0.25, -0.2) is 4.79 Å². The van der Waals surface area contributed by atoms with Gasteiger partial charge in [-0.3, -0.25) is 57.5 Å². The number of aliphatic carboxylic acids is 2. The Morgan fingerprint density at radius 1 is 0.704 bits per heavy atom. The number of aromatic hydroxyl groups is 1. The molecule has 3 rings (SSSR count). The van der Waals surface area contributed by atoms with Gasteiger partial charge in [-0.15, -0.1) is 0 Å². The van der Waals surface area contributed by atoms with Crippen LogP contribution in [0.2, 0.25) is 0 Å². The lowest BCUT2D eigenvalue weighted by molar-refractivity contribution is -0.143. The minimum atomic E-state index is -1.83. The standard InChI is InChI=1S/C48H73N13O17S3/c1-24(62)39-46(75)58-28(6-3-4-15-49)43(72)56-29(12-13-38(67)68)41(70)52-21-37(66)55-33(48(77)78)23-81-80-22-27(50)40(69)59-32(19-35(51)64)47(76)61-16-5-7-34(61)45(74)57-30(14-17-79-2)42(71)53-20-36(65)54-31(44(73)60-39)18-25-8-10-26(63)11-9-25/h8-11,24,27-34,39,62-63H,3-7,12-23,49-50H2,1-2H3,(H2,51,64)(H,52,70)(H,53,71)(H,54,65)(H,55,66)(H,56,72)(H,57,74)(H,58,75)(H,59,69)(H,60,73)(H,67,68)(H,77,78)/t24-,27+,28+,29+,30+,31+,32+,33+,34+,39?/m1/s1. The highest BCUT2D eigenvalue weighted by atomic mass is 33.1. The highest BCUT2D eigenvalue weighted by Gasteiger charge is 2.40. The second-order valence-electron chi connectivity index (χ2n) is 18.9. The van der Waals surface area contributed by atoms with Crippen molar-refractivity contribution >= 4 is 110 Å². The van der Waals surface area contributed by atoms with E-state index in [4.69, 9.17) is 17.2 Å². The van der Waals surface area contributed by atoms with Gasteiger partial charge in [-0.05, 0) is 88.1 Å². The van der Waals surface area contributed by atoms with Crippen LogP contribution in [0.3, 0.4) is 0 Å². The monoisotopic (exact) mass is 1200 g/mol. The molecule has 33 heteroatoms. The minimum Gasteiger partial charge on any atom is -0.508 e. The van der Waals surface area contributed by atoms with Gasteiger partial charge in [0.05, 0.1) is 31.7 Å². The number of phenols is 1. The van der Waals surface area contributed by atoms with E-state index in [1.165, 1.54) is 36.0 Å². The smallest absolute Gasteiger partial charge is 0.327 e. The molecule has 0 bridgehead atoms. The molecule has 10 atom stereocenters. The predicted molar refractivity (Wildman–Crippen MR) is 295 cm³/mol. The number of nitrogens with two attached hydrogens (primary N) is 3. The molecule has 0 aliphatic carbocycles. The Balaban J connectivity index is 2.04. The molecule has 0 aromatic heterocycles. The van der Waals surface area contributed by atoms with Gasteiger partial charge < -0.3 is 90.4 Å². The van der Waals surface area contributed by atoms with Gasteiger partial charge in [-0.2, -0.15) is 11.8 Å². The average Bonchev–Trinajstić information content (AvgIpc) is 3.92. The van der Waals surface area contributed by atoms with Crippen LogP contribution in [-0.2, 0) is 68.7 Å². The highest BCUT2D eigenvalue weighted by molar-refractivity contribution is 8.76. The van der Waals surface area contributed by atoms with E-state index in [1.807, 2.05) is 0 Å². The molecular formula is C48H73N13O17S3. The molecule has 11 amide bonds. The number of hydrogen-bond donors (Lipinski definition) is 16. The van der Waals surface area contributed by atoms with Crippen molar-refractivity contribution in [1.29, 1.82) is 0 Å². The number of primary amides is 1. The lowest BCUT2D eigenvalue weighted by Crippen LogP contribution is -2.61. The van der Waals surface area contributed by atoms with E-state index in [0.29, 0.717) is 24.2 Å². The SMILES string of the molecule is CSCC[C@@H]1NC(=O)[C@@H]2CCCN2C(=O)[C@H](CC(N)=O)NC(=O)[C@@H](N)CSSC[C@@H](C(=O)O)NC(=O)CNC(=O)[C@H](CCC(=O)O)NC(=O)[C@H](CCCCN)NC(=O)C([C@@H](C)O)NC(=O)[C@H](Cc2ccc(O)cc2)NC(=O)CNC1=O. The van der Waals surface area contributed by atoms with Crippen molar-refractivity contribution in [3.63, 3.8) is 0 Å². The molecule has 0 radical (unpaired) electrons. The zero-order chi connectivity index (χ0) is 60.3. The fraction of sp³-hybridized carbons (Fsp3) is 0.604. The summed E-state index contributed by atoms with van der Waals surface area (Å²) in [5.74, 6) is -13.9. The summed E-state index contributed by atoms with van der Waals surface area (Å²) in [7, 11) is 1.78. The quantitative estimate of drug-likeness (QED) is 0.0542. The number of aliphatic hydroxyl groups excluding tert-OH is 1. The summed E-state index contributed by atoms with van der Waals surface area (Å²) in [6.45, 7) is -0.346. The van der Waals surface area contributed by atoms with Crippen molar-refractivity contribution in [2.24, 2.45) is 17.2 Å². The van der Waals surface area contributed by atoms with Crippen LogP contribution in [0, 0.1) is 0 Å². The zero-order valence-corrected chi connectivity index (χ0v) is 47.1. The van der Waals surface area contributed by atoms with Crippen LogP contribution < -0.4 is 65.1 Å². The van der Waals surface area contributed by atoms with Crippen LogP contribution in [0.25, 0.3) is 0 Å². The summed E-state index contributed by atoms with van der Waals surface area (Å²) < 4.78 is 0. The Morgan fingerprint density at radius 2 is 1.27 bits per heavy atom. The Hall–Kier alpha value is -6.94. The topological polar surface area (TPSA) is 492 Å². The third-order valence-corrected chi connectivity index (χ3v) is 15.5. The molecule has 19 N–H and O–H groups in total. The van der Waals surface area contributed by atoms with E-state index in [0.717, 1.165) is 33.4 Å². The number of carbonyl (C=O) groups excluding carboxylic acids is 11. The van der Waals surface area contributed by atoms with Gasteiger partial charge in [0.1, 0.15) is 54.1 Å². The Labute approximate surface area is 478 Å². The summed E-state index contributed by atoms with van der Waals surface area (Å²) in [4.78, 5) is 174. The molecule has 1 aromatic carbocycles. The van der Waals surface area contributed by atoms with Crippen LogP contribution in [-0.4, -0.2) is 212 Å². The van der Waals surface area contributed by atoms with Crippen LogP contribution in [0.5, 0.6) is 5.75 Å². The van der Waals surface area contributed by atoms with E-state index in [-0.39, 0.29) is 62.4 Å². The molecule has 2 aliphatic heterocycles. The number of carboxylic acid groups (broad SMARTS) is 2. The zero-order valence-electron chi connectivity index (χ0n) is 44.6. The lowest BCUT2D eigenvalue weighted by Gasteiger charge is -2.30. The molecule has 2 aliphatic rings. The minimum absolute atomic E-state index is 0.00241. The van der Waals surface area contributed by atoms with Crippen molar-refractivity contribution < 1.29 is 82.8 Å². The van der Waals surface area contributed by atoms with Gasteiger partial charge in [0, 0.05) is 30.9 Å². The highest BCUT2D eigenvalue weighted by Crippen LogP contribution is 2.24. The predicted octanol–water partition coefficient (Wildman–Crippen LogP) is -5.64. The first-order chi connectivity index (χ1) is 38.3. The maximum Gasteiger partial charge on any atom is 0.327 e. The van der Waals surface area contributed by atoms with Gasteiger partial charge in [0.2, 0.25) is 65.0 Å². The molecule has 450 valence electrons. The number of carbonyl (C=O) groups is 13. The van der Waals surface area contributed by atoms with E-state index in [9.17, 15) is 82.8 Å². The fourth-order valence-electron chi connectivity index (χ4n) is 8.08. The summed E-state index contributed by atoms with van der Waals surface area (Å²) >= 11 is 1.33. The first kappa shape index (κ1) is 68.3. The number of hydrogen-bond acceptors (Lipinski definition) is 20. The number of amides is 11. The molecule has 0 saturated carbocycles. The molecule has 0 spiro atoms. The maximum absolute atomic E-state index is 14.1. The second kappa shape index (κ2) is 35.0. The summed E-state index contributed by atoms with van der Waals surface area (Å²) in [5.41, 5.74) is 17.6. The summed E-state index contributed by atoms with van der Waals surface area (Å²) in [6.07, 6.45) is -1.30. The van der Waals surface area contributed by atoms with Crippen LogP contribution in [0.1, 0.15) is 70.3 Å². The van der Waals surface area contributed by atoms with Gasteiger partial charge in [-0.1, -0.05) is 33.7 Å².